The van der Waals surface area contributed by atoms with E-state index in [2.05, 4.69) is 16.6 Å². The van der Waals surface area contributed by atoms with E-state index in [0.717, 1.165) is 11.3 Å². The van der Waals surface area contributed by atoms with Crippen LogP contribution in [0, 0.1) is 17.4 Å². The summed E-state index contributed by atoms with van der Waals surface area (Å²) in [6.07, 6.45) is 2.79. The molecule has 1 fully saturated rings. The number of nitriles is 1. The van der Waals surface area contributed by atoms with Crippen molar-refractivity contribution in [2.24, 2.45) is 13.0 Å². The first-order valence-corrected chi connectivity index (χ1v) is 7.22. The topological polar surface area (TPSA) is 74.0 Å². The summed E-state index contributed by atoms with van der Waals surface area (Å²) in [5.41, 5.74) is 2.00. The van der Waals surface area contributed by atoms with Crippen molar-refractivity contribution in [3.63, 3.8) is 0 Å². The van der Waals surface area contributed by atoms with Crippen molar-refractivity contribution < 1.29 is 4.79 Å². The number of likely N-dealkylation sites (tertiary alicyclic amines) is 1. The summed E-state index contributed by atoms with van der Waals surface area (Å²) in [4.78, 5) is 13.8. The van der Waals surface area contributed by atoms with Gasteiger partial charge in [0.15, 0.2) is 12.0 Å². The molecule has 1 aromatic heterocycles. The number of hydrogen-bond donors (Lipinski definition) is 1. The van der Waals surface area contributed by atoms with Crippen LogP contribution in [0.1, 0.15) is 6.42 Å². The molecule has 0 bridgehead atoms. The van der Waals surface area contributed by atoms with Crippen molar-refractivity contribution in [2.75, 3.05) is 18.4 Å². The molecule has 2 heterocycles. The molecule has 0 spiro atoms. The molecule has 1 aliphatic rings. The second kappa shape index (κ2) is 5.90. The lowest BCUT2D eigenvalue weighted by atomic mass is 10.1. The number of hydrogen-bond acceptors (Lipinski definition) is 4. The Morgan fingerprint density at radius 1 is 1.41 bits per heavy atom. The number of aromatic nitrogens is 2. The molecule has 1 amide bonds. The fraction of sp³-hybridized carbons (Fsp3) is 0.312. The Balaban J connectivity index is 1.72. The monoisotopic (exact) mass is 295 g/mol. The van der Waals surface area contributed by atoms with Gasteiger partial charge in [0.2, 0.25) is 5.91 Å². The van der Waals surface area contributed by atoms with Crippen molar-refractivity contribution in [3.8, 4) is 17.5 Å². The Kier molecular flexibility index (Phi) is 3.79. The first-order chi connectivity index (χ1) is 10.7. The van der Waals surface area contributed by atoms with E-state index >= 15 is 0 Å². The van der Waals surface area contributed by atoms with Crippen molar-refractivity contribution in [1.82, 2.24) is 14.7 Å². The molecular weight excluding hydrogens is 278 g/mol. The molecule has 112 valence electrons. The molecule has 1 saturated heterocycles. The lowest BCUT2D eigenvalue weighted by Crippen LogP contribution is -2.25. The lowest BCUT2D eigenvalue weighted by molar-refractivity contribution is -0.119. The minimum absolute atomic E-state index is 0.0736. The van der Waals surface area contributed by atoms with E-state index in [-0.39, 0.29) is 11.8 Å². The van der Waals surface area contributed by atoms with E-state index in [1.54, 1.807) is 9.58 Å². The van der Waals surface area contributed by atoms with Crippen molar-refractivity contribution in [1.29, 1.82) is 5.26 Å². The molecule has 0 saturated carbocycles. The maximum Gasteiger partial charge on any atom is 0.230 e. The molecule has 1 aromatic carbocycles. The SMILES string of the molecule is Cn1nc(NC(=O)C2CCN(C#N)C2)cc1-c1ccccc1. The average molecular weight is 295 g/mol. The molecule has 6 nitrogen and oxygen atoms in total. The molecule has 1 aliphatic heterocycles. The van der Waals surface area contributed by atoms with E-state index in [9.17, 15) is 4.79 Å². The molecule has 0 aliphatic carbocycles. The van der Waals surface area contributed by atoms with E-state index in [1.165, 1.54) is 0 Å². The molecule has 1 N–H and O–H groups in total. The number of amides is 1. The quantitative estimate of drug-likeness (QED) is 0.877. The fourth-order valence-electron chi connectivity index (χ4n) is 2.70. The van der Waals surface area contributed by atoms with Gasteiger partial charge in [0.05, 0.1) is 11.6 Å². The molecule has 22 heavy (non-hydrogen) atoms. The molecule has 3 rings (SSSR count). The number of aryl methyl sites for hydroxylation is 1. The van der Waals surface area contributed by atoms with Crippen LogP contribution in [0.2, 0.25) is 0 Å². The zero-order valence-corrected chi connectivity index (χ0v) is 12.4. The van der Waals surface area contributed by atoms with Crippen LogP contribution in [0.4, 0.5) is 5.82 Å². The van der Waals surface area contributed by atoms with Crippen LogP contribution >= 0.6 is 0 Å². The Bertz CT molecular complexity index is 716. The molecule has 2 aromatic rings. The summed E-state index contributed by atoms with van der Waals surface area (Å²) < 4.78 is 1.75. The summed E-state index contributed by atoms with van der Waals surface area (Å²) in [6.45, 7) is 1.13. The summed E-state index contributed by atoms with van der Waals surface area (Å²) in [5, 5.41) is 16.0. The van der Waals surface area contributed by atoms with Gasteiger partial charge < -0.3 is 10.2 Å². The van der Waals surface area contributed by atoms with Crippen LogP contribution in [0.3, 0.4) is 0 Å². The zero-order valence-electron chi connectivity index (χ0n) is 12.4. The van der Waals surface area contributed by atoms with Crippen molar-refractivity contribution in [3.05, 3.63) is 36.4 Å². The van der Waals surface area contributed by atoms with Crippen LogP contribution in [0.25, 0.3) is 11.3 Å². The van der Waals surface area contributed by atoms with Crippen LogP contribution in [-0.2, 0) is 11.8 Å². The minimum atomic E-state index is -0.151. The number of nitrogens with one attached hydrogen (secondary N) is 1. The predicted octanol–water partition coefficient (Wildman–Crippen LogP) is 1.83. The summed E-state index contributed by atoms with van der Waals surface area (Å²) in [6, 6.07) is 11.8. The predicted molar refractivity (Wildman–Crippen MR) is 82.6 cm³/mol. The second-order valence-corrected chi connectivity index (χ2v) is 5.43. The maximum atomic E-state index is 12.2. The smallest absolute Gasteiger partial charge is 0.230 e. The normalized spacial score (nSPS) is 17.3. The largest absolute Gasteiger partial charge is 0.310 e. The summed E-state index contributed by atoms with van der Waals surface area (Å²) in [7, 11) is 1.85. The van der Waals surface area contributed by atoms with Crippen LogP contribution < -0.4 is 5.32 Å². The highest BCUT2D eigenvalue weighted by atomic mass is 16.2. The van der Waals surface area contributed by atoms with Gasteiger partial charge in [-0.2, -0.15) is 10.4 Å². The first-order valence-electron chi connectivity index (χ1n) is 7.22. The summed E-state index contributed by atoms with van der Waals surface area (Å²) in [5.74, 6) is 0.319. The lowest BCUT2D eigenvalue weighted by Gasteiger charge is -2.08. The highest BCUT2D eigenvalue weighted by Gasteiger charge is 2.28. The van der Waals surface area contributed by atoms with Crippen molar-refractivity contribution in [2.45, 2.75) is 6.42 Å². The summed E-state index contributed by atoms with van der Waals surface area (Å²) >= 11 is 0. The Hall–Kier alpha value is -2.81. The van der Waals surface area contributed by atoms with Gasteiger partial charge in [-0.05, 0) is 12.0 Å². The van der Waals surface area contributed by atoms with E-state index in [0.29, 0.717) is 25.3 Å². The maximum absolute atomic E-state index is 12.2. The number of anilines is 1. The molecule has 1 atom stereocenters. The fourth-order valence-corrected chi connectivity index (χ4v) is 2.70. The van der Waals surface area contributed by atoms with Gasteiger partial charge in [0.25, 0.3) is 0 Å². The second-order valence-electron chi connectivity index (χ2n) is 5.43. The van der Waals surface area contributed by atoms with Crippen LogP contribution in [0.15, 0.2) is 36.4 Å². The van der Waals surface area contributed by atoms with Gasteiger partial charge in [0.1, 0.15) is 0 Å². The highest BCUT2D eigenvalue weighted by Crippen LogP contribution is 2.23. The Morgan fingerprint density at radius 3 is 2.86 bits per heavy atom. The van der Waals surface area contributed by atoms with Gasteiger partial charge in [-0.15, -0.1) is 0 Å². The third kappa shape index (κ3) is 2.79. The zero-order chi connectivity index (χ0) is 15.5. The van der Waals surface area contributed by atoms with Gasteiger partial charge in [0, 0.05) is 26.2 Å². The first kappa shape index (κ1) is 14.1. The third-order valence-corrected chi connectivity index (χ3v) is 3.90. The average Bonchev–Trinajstić information content (AvgIpc) is 3.15. The minimum Gasteiger partial charge on any atom is -0.310 e. The Labute approximate surface area is 129 Å². The molecular formula is C16H17N5O. The van der Waals surface area contributed by atoms with Gasteiger partial charge >= 0.3 is 0 Å². The van der Waals surface area contributed by atoms with E-state index in [1.807, 2.05) is 43.4 Å². The Morgan fingerprint density at radius 2 is 2.18 bits per heavy atom. The van der Waals surface area contributed by atoms with Crippen LogP contribution in [0.5, 0.6) is 0 Å². The van der Waals surface area contributed by atoms with Crippen LogP contribution in [-0.4, -0.2) is 33.7 Å². The third-order valence-electron chi connectivity index (χ3n) is 3.90. The van der Waals surface area contributed by atoms with Gasteiger partial charge in [-0.1, -0.05) is 30.3 Å². The standard InChI is InChI=1S/C16H17N5O/c1-20-14(12-5-3-2-4-6-12)9-15(19-20)18-16(22)13-7-8-21(10-13)11-17/h2-6,9,13H,7-8,10H2,1H3,(H,18,19,22). The number of benzene rings is 1. The number of carbonyl (C=O) groups is 1. The molecule has 1 unspecified atom stereocenters. The number of nitrogens with zero attached hydrogens (tertiary/aromatic N) is 4. The van der Waals surface area contributed by atoms with E-state index < -0.39 is 0 Å². The van der Waals surface area contributed by atoms with E-state index in [4.69, 9.17) is 5.26 Å². The number of rotatable bonds is 3. The van der Waals surface area contributed by atoms with Gasteiger partial charge in [-0.3, -0.25) is 9.48 Å². The number of carbonyl (C=O) groups excluding carboxylic acids is 1. The molecule has 0 radical (unpaired) electrons. The highest BCUT2D eigenvalue weighted by molar-refractivity contribution is 5.92. The molecule has 6 heteroatoms. The van der Waals surface area contributed by atoms with Gasteiger partial charge in [-0.25, -0.2) is 0 Å². The van der Waals surface area contributed by atoms with Crippen molar-refractivity contribution >= 4 is 11.7 Å².